The number of aromatic nitrogens is 3. The highest BCUT2D eigenvalue weighted by molar-refractivity contribution is 7.98. The number of nitrogens with one attached hydrogen (secondary N) is 7. The number of aliphatic hydroxyl groups excluding tert-OH is 1. The van der Waals surface area contributed by atoms with E-state index in [4.69, 9.17) is 11.5 Å². The van der Waals surface area contributed by atoms with E-state index in [2.05, 4.69) is 41.5 Å². The average molecular weight is 745 g/mol. The molecular formula is C32H44N10O9S. The van der Waals surface area contributed by atoms with Crippen LogP contribution < -0.4 is 38.1 Å². The summed E-state index contributed by atoms with van der Waals surface area (Å²) in [4.78, 5) is 98.1. The van der Waals surface area contributed by atoms with Gasteiger partial charge in [-0.25, -0.2) is 9.78 Å². The van der Waals surface area contributed by atoms with Gasteiger partial charge in [-0.3, -0.25) is 28.8 Å². The summed E-state index contributed by atoms with van der Waals surface area (Å²) in [5.41, 5.74) is 13.6. The lowest BCUT2D eigenvalue weighted by atomic mass is 10.0. The maximum Gasteiger partial charge on any atom is 0.328 e. The zero-order chi connectivity index (χ0) is 38.2. The van der Waals surface area contributed by atoms with Crippen molar-refractivity contribution >= 4 is 64.1 Å². The molecule has 3 aromatic rings. The number of benzene rings is 1. The smallest absolute Gasteiger partial charge is 0.328 e. The van der Waals surface area contributed by atoms with E-state index in [1.54, 1.807) is 12.5 Å². The van der Waals surface area contributed by atoms with Gasteiger partial charge >= 0.3 is 5.97 Å². The fourth-order valence-corrected chi connectivity index (χ4v) is 5.53. The molecule has 0 unspecified atom stereocenters. The van der Waals surface area contributed by atoms with Gasteiger partial charge in [0, 0.05) is 41.8 Å². The number of para-hydroxylation sites is 1. The summed E-state index contributed by atoms with van der Waals surface area (Å²) in [5, 5.41) is 31.5. The van der Waals surface area contributed by atoms with E-state index < -0.39 is 84.8 Å². The third-order valence-corrected chi connectivity index (χ3v) is 8.50. The molecule has 5 atom stereocenters. The maximum absolute atomic E-state index is 13.5. The summed E-state index contributed by atoms with van der Waals surface area (Å²) in [6.45, 7) is -1.53. The Bertz CT molecular complexity index is 1700. The second-order valence-electron chi connectivity index (χ2n) is 11.8. The SMILES string of the molecule is CSCC[C@H](NC(=O)[C@H](CCC(N)=O)NC(=O)[C@H](N)Cc1c[nH]c2ccccc12)C(=O)NCC(=O)N[C@H](Cc1cnc[nH]1)C(=O)N[C@H](CO)C(=O)O. The zero-order valence-corrected chi connectivity index (χ0v) is 29.2. The molecule has 0 spiro atoms. The van der Waals surface area contributed by atoms with Gasteiger partial charge in [0.1, 0.15) is 24.2 Å². The molecule has 3 rings (SSSR count). The predicted molar refractivity (Wildman–Crippen MR) is 189 cm³/mol. The highest BCUT2D eigenvalue weighted by Crippen LogP contribution is 2.19. The van der Waals surface area contributed by atoms with Crippen molar-refractivity contribution in [2.24, 2.45) is 11.5 Å². The number of rotatable bonds is 22. The van der Waals surface area contributed by atoms with E-state index in [9.17, 15) is 43.8 Å². The third-order valence-electron chi connectivity index (χ3n) is 7.86. The topological polar surface area (TPSA) is 317 Å². The molecule has 0 aliphatic heterocycles. The van der Waals surface area contributed by atoms with Gasteiger partial charge in [-0.15, -0.1) is 0 Å². The Morgan fingerprint density at radius 2 is 1.54 bits per heavy atom. The lowest BCUT2D eigenvalue weighted by molar-refractivity contribution is -0.143. The molecule has 13 N–H and O–H groups in total. The quantitative estimate of drug-likeness (QED) is 0.0496. The first-order valence-corrected chi connectivity index (χ1v) is 17.6. The van der Waals surface area contributed by atoms with E-state index in [1.807, 2.05) is 24.3 Å². The molecule has 0 saturated carbocycles. The minimum Gasteiger partial charge on any atom is -0.480 e. The normalized spacial score (nSPS) is 13.9. The van der Waals surface area contributed by atoms with Gasteiger partial charge in [-0.1, -0.05) is 18.2 Å². The number of carbonyl (C=O) groups excluding carboxylic acids is 6. The van der Waals surface area contributed by atoms with Crippen LogP contribution in [-0.4, -0.2) is 122 Å². The van der Waals surface area contributed by atoms with Gasteiger partial charge in [0.2, 0.25) is 35.4 Å². The van der Waals surface area contributed by atoms with E-state index >= 15 is 0 Å². The molecule has 0 aliphatic carbocycles. The molecule has 1 aromatic carbocycles. The first kappa shape index (κ1) is 41.0. The Morgan fingerprint density at radius 1 is 0.865 bits per heavy atom. The molecule has 282 valence electrons. The van der Waals surface area contributed by atoms with Gasteiger partial charge in [-0.05, 0) is 42.9 Å². The van der Waals surface area contributed by atoms with Crippen molar-refractivity contribution in [3.8, 4) is 0 Å². The lowest BCUT2D eigenvalue weighted by Crippen LogP contribution is -2.57. The molecule has 2 aromatic heterocycles. The predicted octanol–water partition coefficient (Wildman–Crippen LogP) is -2.85. The lowest BCUT2D eigenvalue weighted by Gasteiger charge is -2.24. The first-order chi connectivity index (χ1) is 24.8. The second kappa shape index (κ2) is 20.4. The van der Waals surface area contributed by atoms with Crippen molar-refractivity contribution in [3.05, 3.63) is 54.2 Å². The van der Waals surface area contributed by atoms with Crippen LogP contribution in [0.15, 0.2) is 43.0 Å². The molecule has 0 saturated heterocycles. The number of H-pyrrole nitrogens is 2. The summed E-state index contributed by atoms with van der Waals surface area (Å²) in [7, 11) is 0. The summed E-state index contributed by atoms with van der Waals surface area (Å²) < 4.78 is 0. The maximum atomic E-state index is 13.5. The number of aromatic amines is 2. The van der Waals surface area contributed by atoms with Crippen molar-refractivity contribution in [1.29, 1.82) is 0 Å². The number of fused-ring (bicyclic) bond motifs is 1. The van der Waals surface area contributed by atoms with Crippen molar-refractivity contribution in [2.45, 2.75) is 62.3 Å². The van der Waals surface area contributed by atoms with Gasteiger partial charge < -0.3 is 58.2 Å². The molecule has 0 aliphatic rings. The molecular weight excluding hydrogens is 700 g/mol. The summed E-state index contributed by atoms with van der Waals surface area (Å²) in [6.07, 6.45) is 5.97. The molecule has 52 heavy (non-hydrogen) atoms. The Balaban J connectivity index is 1.65. The summed E-state index contributed by atoms with van der Waals surface area (Å²) in [6, 6.07) is 1.01. The van der Waals surface area contributed by atoms with Crippen LogP contribution in [0.5, 0.6) is 0 Å². The van der Waals surface area contributed by atoms with E-state index in [0.717, 1.165) is 16.5 Å². The highest BCUT2D eigenvalue weighted by atomic mass is 32.2. The minimum absolute atomic E-state index is 0.125. The van der Waals surface area contributed by atoms with Crippen LogP contribution in [0.1, 0.15) is 30.5 Å². The number of amides is 6. The number of carboxylic acid groups (broad SMARTS) is 1. The van der Waals surface area contributed by atoms with Crippen molar-refractivity contribution in [3.63, 3.8) is 0 Å². The molecule has 2 heterocycles. The number of carboxylic acids is 1. The van der Waals surface area contributed by atoms with Crippen LogP contribution in [-0.2, 0) is 46.4 Å². The number of hydrogen-bond donors (Lipinski definition) is 11. The van der Waals surface area contributed by atoms with Crippen LogP contribution in [0.3, 0.4) is 0 Å². The number of thioether (sulfide) groups is 1. The molecule has 0 radical (unpaired) electrons. The van der Waals surface area contributed by atoms with Crippen LogP contribution >= 0.6 is 11.8 Å². The number of nitrogens with zero attached hydrogens (tertiary/aromatic N) is 1. The van der Waals surface area contributed by atoms with Crippen LogP contribution in [0, 0.1) is 0 Å². The number of aliphatic carboxylic acids is 1. The molecule has 0 fully saturated rings. The van der Waals surface area contributed by atoms with Gasteiger partial charge in [0.25, 0.3) is 0 Å². The monoisotopic (exact) mass is 744 g/mol. The Labute approximate surface area is 302 Å². The third kappa shape index (κ3) is 12.7. The number of nitrogens with two attached hydrogens (primary N) is 2. The number of aliphatic hydroxyl groups is 1. The fraction of sp³-hybridized carbons (Fsp3) is 0.438. The Kier molecular flexibility index (Phi) is 16.1. The fourth-order valence-electron chi connectivity index (χ4n) is 5.06. The Hall–Kier alpha value is -5.47. The zero-order valence-electron chi connectivity index (χ0n) is 28.3. The average Bonchev–Trinajstić information content (AvgIpc) is 3.79. The Morgan fingerprint density at radius 3 is 2.19 bits per heavy atom. The largest absolute Gasteiger partial charge is 0.480 e. The first-order valence-electron chi connectivity index (χ1n) is 16.2. The van der Waals surface area contributed by atoms with Gasteiger partial charge in [0.05, 0.1) is 25.5 Å². The number of primary amides is 1. The number of imidazole rings is 1. The van der Waals surface area contributed by atoms with Crippen LogP contribution in [0.4, 0.5) is 0 Å². The van der Waals surface area contributed by atoms with Gasteiger partial charge in [-0.2, -0.15) is 11.8 Å². The van der Waals surface area contributed by atoms with Crippen LogP contribution in [0.25, 0.3) is 10.9 Å². The number of carbonyl (C=O) groups is 7. The number of hydrogen-bond acceptors (Lipinski definition) is 11. The van der Waals surface area contributed by atoms with Gasteiger partial charge in [0.15, 0.2) is 0 Å². The second-order valence-corrected chi connectivity index (χ2v) is 12.8. The van der Waals surface area contributed by atoms with E-state index in [0.29, 0.717) is 11.4 Å². The standard InChI is InChI=1S/C32H44N10O9S/c1-52-9-8-23(29(47)37-14-27(45)39-24(11-18-13-35-16-38-18)31(49)42-25(15-43)32(50)51)41-30(48)22(6-7-26(34)44)40-28(46)20(33)10-17-12-36-21-5-3-2-4-19(17)21/h2-5,12-13,16,20,22-25,36,43H,6-11,14-15,33H2,1H3,(H2,34,44)(H,35,38)(H,37,47)(H,39,45)(H,40,46)(H,41,48)(H,42,49)(H,50,51)/t20-,22+,23+,24-,25-/m1/s1. The highest BCUT2D eigenvalue weighted by Gasteiger charge is 2.30. The minimum atomic E-state index is -1.62. The van der Waals surface area contributed by atoms with E-state index in [-0.39, 0.29) is 32.1 Å². The van der Waals surface area contributed by atoms with E-state index in [1.165, 1.54) is 24.3 Å². The summed E-state index contributed by atoms with van der Waals surface area (Å²) in [5.74, 6) is -5.73. The van der Waals surface area contributed by atoms with Crippen LogP contribution in [0.2, 0.25) is 0 Å². The molecule has 0 bridgehead atoms. The molecule has 19 nitrogen and oxygen atoms in total. The van der Waals surface area contributed by atoms with Crippen molar-refractivity contribution < 1.29 is 43.8 Å². The summed E-state index contributed by atoms with van der Waals surface area (Å²) >= 11 is 1.39. The molecule has 6 amide bonds. The van der Waals surface area contributed by atoms with Crippen molar-refractivity contribution in [1.82, 2.24) is 41.5 Å². The van der Waals surface area contributed by atoms with Crippen molar-refractivity contribution in [2.75, 3.05) is 25.2 Å². The molecule has 20 heteroatoms.